The third-order valence-electron chi connectivity index (χ3n) is 17.7. The number of aliphatic hydroxyl groups excluding tert-OH is 2. The average molecular weight is 750 g/mol. The summed E-state index contributed by atoms with van der Waals surface area (Å²) < 4.78 is 6.48. The molecule has 1 saturated heterocycles. The minimum atomic E-state index is -0.783. The number of anilines is 1. The fraction of sp³-hybridized carbons (Fsp3) is 0.667. The van der Waals surface area contributed by atoms with Gasteiger partial charge in [-0.2, -0.15) is 0 Å². The summed E-state index contributed by atoms with van der Waals surface area (Å²) >= 11 is 0. The van der Waals surface area contributed by atoms with Crippen molar-refractivity contribution in [2.24, 2.45) is 45.3 Å². The molecule has 1 aliphatic heterocycles. The lowest BCUT2D eigenvalue weighted by Gasteiger charge is -2.70. The maximum atomic E-state index is 15.0. The molecule has 5 N–H and O–H groups in total. The number of ether oxygens (including phenoxy) is 1. The Kier molecular flexibility index (Phi) is 8.37. The van der Waals surface area contributed by atoms with E-state index in [1.54, 1.807) is 12.1 Å². The fourth-order valence-electron chi connectivity index (χ4n) is 16.0. The van der Waals surface area contributed by atoms with Gasteiger partial charge in [-0.05, 0) is 140 Å². The predicted octanol–water partition coefficient (Wildman–Crippen LogP) is 8.58. The van der Waals surface area contributed by atoms with Crippen molar-refractivity contribution in [3.05, 3.63) is 70.8 Å². The molecule has 1 spiro atoms. The first-order valence-corrected chi connectivity index (χ1v) is 21.4. The lowest BCUT2D eigenvalue weighted by atomic mass is 9.33. The van der Waals surface area contributed by atoms with Crippen LogP contribution in [-0.2, 0) is 19.7 Å². The zero-order valence-corrected chi connectivity index (χ0v) is 33.9. The molecule has 0 aromatic heterocycles. The SMILES string of the molecule is CC(CC(O)C1OC1(C)C1CCCC1c1cccc(N)c1)C1=C2CCC3C4(C)CC5(c6cccc(O)c6)CCCC2(CC1=O)C3(C)CC(O)C4C(C)(C)C5=O. The maximum absolute atomic E-state index is 15.0. The van der Waals surface area contributed by atoms with Gasteiger partial charge in [-0.3, -0.25) is 9.59 Å². The molecule has 2 aromatic carbocycles. The molecule has 6 fully saturated rings. The van der Waals surface area contributed by atoms with Crippen LogP contribution >= 0.6 is 0 Å². The fourth-order valence-corrected chi connectivity index (χ4v) is 16.0. The van der Waals surface area contributed by atoms with Crippen LogP contribution in [0.3, 0.4) is 0 Å². The van der Waals surface area contributed by atoms with Gasteiger partial charge >= 0.3 is 0 Å². The molecule has 7 nitrogen and oxygen atoms in total. The molecule has 0 radical (unpaired) electrons. The van der Waals surface area contributed by atoms with Crippen molar-refractivity contribution in [2.45, 2.75) is 154 Å². The Morgan fingerprint density at radius 1 is 0.964 bits per heavy atom. The third kappa shape index (κ3) is 5.03. The van der Waals surface area contributed by atoms with E-state index < -0.39 is 34.1 Å². The number of phenolic OH excluding ortho intramolecular Hbond substituents is 1. The first-order valence-electron chi connectivity index (χ1n) is 21.4. The van der Waals surface area contributed by atoms with Crippen LogP contribution in [0.25, 0.3) is 0 Å². The summed E-state index contributed by atoms with van der Waals surface area (Å²) in [4.78, 5) is 29.7. The highest BCUT2D eigenvalue weighted by Gasteiger charge is 2.75. The van der Waals surface area contributed by atoms with E-state index in [0.29, 0.717) is 43.9 Å². The molecule has 2 aromatic rings. The number of hydrogen-bond donors (Lipinski definition) is 4. The number of nitrogens with two attached hydrogens (primary N) is 1. The van der Waals surface area contributed by atoms with E-state index >= 15 is 4.79 Å². The number of allylic oxidation sites excluding steroid dienone is 2. The summed E-state index contributed by atoms with van der Waals surface area (Å²) in [6.45, 7) is 13.2. The number of nitrogen functional groups attached to an aromatic ring is 1. The van der Waals surface area contributed by atoms with Crippen molar-refractivity contribution in [1.82, 2.24) is 0 Å². The normalized spacial score (nSPS) is 44.1. The van der Waals surface area contributed by atoms with Crippen molar-refractivity contribution in [2.75, 3.05) is 5.73 Å². The van der Waals surface area contributed by atoms with Crippen LogP contribution in [-0.4, -0.2) is 50.8 Å². The monoisotopic (exact) mass is 749 g/mol. The van der Waals surface area contributed by atoms with Crippen molar-refractivity contribution in [3.63, 3.8) is 0 Å². The Bertz CT molecular complexity index is 1970. The Morgan fingerprint density at radius 2 is 1.73 bits per heavy atom. The van der Waals surface area contributed by atoms with Gasteiger partial charge in [0.05, 0.1) is 23.2 Å². The summed E-state index contributed by atoms with van der Waals surface area (Å²) in [7, 11) is 0. The van der Waals surface area contributed by atoms with Gasteiger partial charge in [0, 0.05) is 28.9 Å². The second-order valence-electron chi connectivity index (χ2n) is 20.8. The van der Waals surface area contributed by atoms with Crippen LogP contribution in [0.5, 0.6) is 5.75 Å². The van der Waals surface area contributed by atoms with Gasteiger partial charge in [0.2, 0.25) is 0 Å². The van der Waals surface area contributed by atoms with Crippen LogP contribution in [0.4, 0.5) is 5.69 Å². The second kappa shape index (κ2) is 12.3. The molecule has 6 aliphatic carbocycles. The number of ketones is 2. The Morgan fingerprint density at radius 3 is 2.47 bits per heavy atom. The first-order chi connectivity index (χ1) is 25.9. The predicted molar refractivity (Wildman–Crippen MR) is 213 cm³/mol. The second-order valence-corrected chi connectivity index (χ2v) is 20.8. The molecule has 5 saturated carbocycles. The topological polar surface area (TPSA) is 133 Å². The molecular weight excluding hydrogens is 687 g/mol. The van der Waals surface area contributed by atoms with Crippen molar-refractivity contribution >= 4 is 17.3 Å². The van der Waals surface area contributed by atoms with E-state index in [-0.39, 0.29) is 52.0 Å². The van der Waals surface area contributed by atoms with Crippen LogP contribution in [0, 0.1) is 45.3 Å². The highest BCUT2D eigenvalue weighted by atomic mass is 16.6. The van der Waals surface area contributed by atoms with Gasteiger partial charge in [0.25, 0.3) is 0 Å². The van der Waals surface area contributed by atoms with Crippen LogP contribution in [0.15, 0.2) is 59.7 Å². The molecule has 13 unspecified atom stereocenters. The molecule has 296 valence electrons. The minimum Gasteiger partial charge on any atom is -0.508 e. The van der Waals surface area contributed by atoms with Gasteiger partial charge in [0.1, 0.15) is 17.6 Å². The number of epoxide rings is 1. The molecule has 55 heavy (non-hydrogen) atoms. The summed E-state index contributed by atoms with van der Waals surface area (Å²) in [5, 5.41) is 35.0. The molecule has 13 atom stereocenters. The summed E-state index contributed by atoms with van der Waals surface area (Å²) in [5.41, 5.74) is 8.24. The minimum absolute atomic E-state index is 0.123. The molecule has 1 heterocycles. The number of aliphatic hydroxyl groups is 2. The lowest BCUT2D eigenvalue weighted by Crippen LogP contribution is -2.70. The Balaban J connectivity index is 1.05. The summed E-state index contributed by atoms with van der Waals surface area (Å²) in [6, 6.07) is 15.6. The van der Waals surface area contributed by atoms with Gasteiger partial charge in [-0.15, -0.1) is 0 Å². The number of hydrogen-bond acceptors (Lipinski definition) is 7. The van der Waals surface area contributed by atoms with Crippen molar-refractivity contribution in [3.8, 4) is 5.75 Å². The van der Waals surface area contributed by atoms with E-state index in [1.807, 2.05) is 24.3 Å². The standard InChI is InChI=1S/C48H63NO6/c1-27(21-35(51)41-46(6,55-41)33-16-9-15-32(33)28-11-7-13-30(49)22-28)39-34-17-18-38-44(4)26-47(29-12-8-14-31(50)23-29)19-10-20-48(34,25-36(39)52)45(38,5)24-37(53)40(44)43(2,3)42(47)54/h7-8,11-14,22-23,27,32-33,35,37-38,40-41,50-51,53H,9-10,15-21,24-26,49H2,1-6H3. The molecule has 7 aliphatic rings. The molecule has 7 heteroatoms. The van der Waals surface area contributed by atoms with Crippen LogP contribution in [0.1, 0.15) is 136 Å². The quantitative estimate of drug-likeness (QED) is 0.165. The number of carbonyl (C=O) groups is 2. The maximum Gasteiger partial charge on any atom is 0.160 e. The van der Waals surface area contributed by atoms with E-state index in [4.69, 9.17) is 10.5 Å². The smallest absolute Gasteiger partial charge is 0.160 e. The third-order valence-corrected chi connectivity index (χ3v) is 17.7. The number of carbonyl (C=O) groups excluding carboxylic acids is 2. The van der Waals surface area contributed by atoms with E-state index in [2.05, 4.69) is 53.7 Å². The van der Waals surface area contributed by atoms with Gasteiger partial charge in [0.15, 0.2) is 5.78 Å². The number of benzene rings is 2. The average Bonchev–Trinajstić information content (AvgIpc) is 3.41. The van der Waals surface area contributed by atoms with E-state index in [0.717, 1.165) is 61.8 Å². The number of Topliss-reactive ketones (excluding diaryl/α,β-unsaturated/α-hetero) is 2. The van der Waals surface area contributed by atoms with Crippen LogP contribution < -0.4 is 5.73 Å². The lowest BCUT2D eigenvalue weighted by molar-refractivity contribution is -0.225. The molecule has 0 amide bonds. The highest BCUT2D eigenvalue weighted by molar-refractivity contribution is 6.01. The van der Waals surface area contributed by atoms with Crippen molar-refractivity contribution in [1.29, 1.82) is 0 Å². The van der Waals surface area contributed by atoms with E-state index in [1.165, 1.54) is 11.1 Å². The van der Waals surface area contributed by atoms with Gasteiger partial charge < -0.3 is 25.8 Å². The van der Waals surface area contributed by atoms with E-state index in [9.17, 15) is 20.1 Å². The van der Waals surface area contributed by atoms with Crippen molar-refractivity contribution < 1.29 is 29.6 Å². The first kappa shape index (κ1) is 37.6. The largest absolute Gasteiger partial charge is 0.508 e. The zero-order chi connectivity index (χ0) is 39.1. The number of rotatable bonds is 7. The molecule has 9 rings (SSSR count). The zero-order valence-electron chi connectivity index (χ0n) is 33.9. The highest BCUT2D eigenvalue weighted by Crippen LogP contribution is 2.77. The Labute approximate surface area is 327 Å². The van der Waals surface area contributed by atoms with Gasteiger partial charge in [-0.1, -0.05) is 77.3 Å². The summed E-state index contributed by atoms with van der Waals surface area (Å²) in [6.07, 6.45) is 7.78. The molecule has 5 bridgehead atoms. The Hall–Kier alpha value is -3.00. The van der Waals surface area contributed by atoms with Crippen LogP contribution in [0.2, 0.25) is 0 Å². The summed E-state index contributed by atoms with van der Waals surface area (Å²) in [5.74, 6) is 1.10. The number of aromatic hydroxyl groups is 1. The molecular formula is C48H63NO6. The van der Waals surface area contributed by atoms with Gasteiger partial charge in [-0.25, -0.2) is 0 Å². The number of fused-ring (bicyclic) bond motifs is 1. The number of phenols is 1.